The topological polar surface area (TPSA) is 67.6 Å². The molecule has 0 aliphatic carbocycles. The van der Waals surface area contributed by atoms with Crippen LogP contribution in [0.3, 0.4) is 0 Å². The Morgan fingerprint density at radius 2 is 1.65 bits per heavy atom. The van der Waals surface area contributed by atoms with Gasteiger partial charge in [-0.15, -0.1) is 0 Å². The second-order valence-electron chi connectivity index (χ2n) is 3.93. The summed E-state index contributed by atoms with van der Waals surface area (Å²) < 4.78 is 340. The first kappa shape index (κ1) is 1.72. The van der Waals surface area contributed by atoms with Crippen LogP contribution in [0.4, 0.5) is 0 Å². The molecule has 3 aromatic rings. The average Bonchev–Trinajstić information content (AvgIpc) is 4.30. The normalized spacial score (nSPS) is 23.0. The summed E-state index contributed by atoms with van der Waals surface area (Å²) in [6.45, 7) is 0. The van der Waals surface area contributed by atoms with Crippen molar-refractivity contribution in [1.29, 1.82) is 0 Å². The van der Waals surface area contributed by atoms with Gasteiger partial charge in [0.2, 0.25) is 0 Å². The third-order valence-corrected chi connectivity index (χ3v) is 2.76. The summed E-state index contributed by atoms with van der Waals surface area (Å²) in [5.74, 6) is 0.811. The molecule has 0 saturated heterocycles. The summed E-state index contributed by atoms with van der Waals surface area (Å²) in [5.41, 5.74) is 7.33. The van der Waals surface area contributed by atoms with Crippen molar-refractivity contribution in [2.45, 2.75) is 0 Å². The largest absolute Gasteiger partial charge is 0.389 e. The number of nitrogens with two attached hydrogens (primary N) is 1. The summed E-state index contributed by atoms with van der Waals surface area (Å²) in [6.07, 6.45) is 1.50. The Morgan fingerprint density at radius 3 is 2.10 bits per heavy atom. The molecule has 3 rings (SSSR count). The Hall–Kier alpha value is -2.53. The molecule has 20 heavy (non-hydrogen) atoms. The number of aromatic nitrogens is 3. The number of rotatable bonds is 2. The third-order valence-electron chi connectivity index (χ3n) is 2.52. The van der Waals surface area contributed by atoms with Crippen LogP contribution in [0.15, 0.2) is 67.0 Å². The van der Waals surface area contributed by atoms with Crippen molar-refractivity contribution in [2.75, 3.05) is 0 Å². The smallest absolute Gasteiger partial charge is 0.155 e. The van der Waals surface area contributed by atoms with Gasteiger partial charge in [-0.25, -0.2) is 4.98 Å². The number of aromatic amines is 1. The molecule has 0 aliphatic rings. The van der Waals surface area contributed by atoms with E-state index in [4.69, 9.17) is 119 Å². The van der Waals surface area contributed by atoms with Crippen molar-refractivity contribution < 1.29 is 102 Å². The van der Waals surface area contributed by atoms with Crippen LogP contribution in [0.5, 0.6) is 0 Å². The molecule has 2 aromatic carbocycles. The van der Waals surface area contributed by atoms with Gasteiger partial charge in [-0.1, -0.05) is 72.9 Å². The van der Waals surface area contributed by atoms with Crippen molar-refractivity contribution in [2.24, 2.45) is 5.73 Å². The summed E-state index contributed by atoms with van der Waals surface area (Å²) in [7, 11) is 0. The number of H-pyrrole nitrogens is 1. The monoisotopic (exact) mass is 491 g/mol. The molecule has 0 aliphatic heterocycles. The van der Waals surface area contributed by atoms with Crippen LogP contribution in [-0.4, -0.2) is 20.2 Å². The van der Waals surface area contributed by atoms with Gasteiger partial charge in [-0.3, -0.25) is 5.10 Å². The first-order valence-electron chi connectivity index (χ1n) is 40.0. The summed E-state index contributed by atoms with van der Waals surface area (Å²) in [5, 5.41) is 6.55. The highest BCUT2D eigenvalue weighted by atomic mass is 32.1. The lowest BCUT2D eigenvalue weighted by atomic mass is 10.2. The number of benzene rings is 2. The lowest BCUT2D eigenvalue weighted by molar-refractivity contribution is 1.10. The maximum atomic E-state index is 5.35. The summed E-state index contributed by atoms with van der Waals surface area (Å²) >= 11 is 4.74. The highest BCUT2D eigenvalue weighted by Crippen LogP contribution is 2.10. The van der Waals surface area contributed by atoms with E-state index in [0.29, 0.717) is 4.99 Å². The quantitative estimate of drug-likeness (QED) is 0.350. The molecule has 1 heterocycles. The number of hydrogen-bond acceptors (Lipinski definition) is 3. The lowest BCUT2D eigenvalue weighted by Gasteiger charge is -1.92. The zero-order valence-corrected chi connectivity index (χ0v) is 11.5. The van der Waals surface area contributed by atoms with E-state index in [2.05, 4.69) is 15.2 Å². The number of hydrogen-bond donors (Lipinski definition) is 2. The Bertz CT molecular complexity index is 705. The van der Waals surface area contributed by atoms with Gasteiger partial charge in [0, 0.05) is 114 Å². The molecule has 0 radical (unpaired) electrons. The zero-order chi connectivity index (χ0) is 82.2. The van der Waals surface area contributed by atoms with Gasteiger partial charge in [0.05, 0.1) is 0 Å². The van der Waals surface area contributed by atoms with Crippen LogP contribution < -0.4 is 5.73 Å². The van der Waals surface area contributed by atoms with Crippen molar-refractivity contribution in [3.8, 4) is 11.4 Å². The molecule has 170 valence electrons. The molecule has 3 N–H and O–H groups in total. The second-order valence-corrected chi connectivity index (χ2v) is 4.37. The Morgan fingerprint density at radius 1 is 1.05 bits per heavy atom. The van der Waals surface area contributed by atoms with E-state index in [9.17, 15) is 0 Å². The number of nitrogens with zero attached hydrogens (tertiary/aromatic N) is 2. The van der Waals surface area contributed by atoms with Gasteiger partial charge < -0.3 is 5.73 Å². The molecule has 0 atom stereocenters. The van der Waals surface area contributed by atoms with Crippen molar-refractivity contribution in [3.63, 3.8) is 0 Å². The molecule has 5 heteroatoms. The van der Waals surface area contributed by atoms with Gasteiger partial charge in [0.25, 0.3) is 0 Å². The molecule has 4 nitrogen and oxygen atoms in total. The van der Waals surface area contributed by atoms with E-state index in [-0.39, 0.29) is 1.43 Å². The van der Waals surface area contributed by atoms with Crippen LogP contribution in [0, 0.1) is 0 Å². The van der Waals surface area contributed by atoms with Crippen LogP contribution in [0.25, 0.3) is 11.4 Å². The Kier molecular flexibility index (Phi) is 0.616. The maximum absolute atomic E-state index is 5.35. The van der Waals surface area contributed by atoms with Crippen molar-refractivity contribution in [1.82, 2.24) is 15.2 Å². The summed E-state index contributed by atoms with van der Waals surface area (Å²) in [4.78, 5) is 4.47. The van der Waals surface area contributed by atoms with E-state index in [1.807, 2.05) is 60.7 Å². The predicted molar refractivity (Wildman–Crippen MR) is 158 cm³/mol. The molecule has 1 aromatic heterocycles. The molecule has 0 amide bonds. The lowest BCUT2D eigenvalue weighted by Crippen LogP contribution is -2.08. The fraction of sp³-hybridized carbons (Fsp3) is 0. The van der Waals surface area contributed by atoms with Gasteiger partial charge in [0.15, 0.2) is 5.82 Å². The van der Waals surface area contributed by atoms with E-state index >= 15 is 0 Å². The van der Waals surface area contributed by atoms with Crippen LogP contribution in [0.1, 0.15) is 108 Å². The van der Waals surface area contributed by atoms with Crippen LogP contribution in [0.2, 0.25) is 0 Å². The van der Waals surface area contributed by atoms with E-state index in [1.54, 1.807) is 0 Å². The van der Waals surface area contributed by atoms with E-state index in [1.165, 1.54) is 6.33 Å². The number of thiocarbonyl (C=S) groups is 1. The zero-order valence-electron chi connectivity index (χ0n) is 78.7. The van der Waals surface area contributed by atoms with Crippen molar-refractivity contribution >= 4 is 17.2 Å². The van der Waals surface area contributed by atoms with Gasteiger partial charge in [-0.05, 0) is 0 Å². The fourth-order valence-corrected chi connectivity index (χ4v) is 1.68. The molecular formula is C15H84N4S. The van der Waals surface area contributed by atoms with Crippen LogP contribution in [-0.2, 0) is 0 Å². The maximum Gasteiger partial charge on any atom is 0.155 e. The average molecular weight is 491 g/mol. The Labute approximate surface area is 229 Å². The SMILES string of the molecule is NC(=S)c1ccccc1.[3HH].[3H][3H].[3H][3H].[3H][3H].[3H][3H].[3H][3H].[3H][3H].[3H][3H].[3H][3H].[3H][3H].[3H][3H].[3H][3H].[3H][3H].[3H][3H].[3H][3H].[3H][3H].[3H][3H].[3H][3H].[3H][3H].[3H][3H].[3H][3H].[3H][3H].[3H][3H].[3H][3H].[3H][3H].[3H][3H].[3H][3H].[3H][3H].[3H][3H].[3H][3H].[3H][3H].[3H][3H].[3H][3H].[3H][3H].[3H][3H].c1ccc(-c2ncn[nH]2)cc1. The van der Waals surface area contributed by atoms with Crippen LogP contribution >= 0.6 is 12.2 Å². The predicted octanol–water partition coefficient (Wildman–Crippen LogP) is 11.4. The van der Waals surface area contributed by atoms with Gasteiger partial charge >= 0.3 is 0 Å². The standard InChI is InChI=1S/C8H7N3.C7H7NS.35H2/c1-2-4-7(5-3-1)8-9-6-10-11-8;8-7(9)6-4-2-1-3-5-6;;;;;;;;;;;;;;;;;;;;;;;;;;;;;;;;;;;/h1-6H,(H,9,10,11);1-5H,(H2,8,9);35*1H/i;;34*1+2T;1+2. The molecule has 0 unspecified atom stereocenters. The highest BCUT2D eigenvalue weighted by molar-refractivity contribution is 7.80. The minimum atomic E-state index is 0. The van der Waals surface area contributed by atoms with E-state index < -0.39 is 0 Å². The fourth-order valence-electron chi connectivity index (χ4n) is 1.54. The minimum Gasteiger partial charge on any atom is -0.389 e. The molecule has 0 saturated carbocycles. The summed E-state index contributed by atoms with van der Waals surface area (Å²) in [6, 6.07) is 19.4. The molecule has 0 spiro atoms. The second kappa shape index (κ2) is 7.16. The number of nitrogens with one attached hydrogen (secondary N) is 1. The highest BCUT2D eigenvalue weighted by Gasteiger charge is 1.96. The first-order chi connectivity index (χ1) is 43.8. The van der Waals surface area contributed by atoms with Gasteiger partial charge in [-0.2, -0.15) is 5.10 Å². The van der Waals surface area contributed by atoms with Crippen molar-refractivity contribution in [3.05, 3.63) is 72.6 Å². The van der Waals surface area contributed by atoms with Gasteiger partial charge in [0.1, 0.15) is 11.3 Å². The molecule has 0 fully saturated rings. The minimum absolute atomic E-state index is 0. The van der Waals surface area contributed by atoms with E-state index in [0.717, 1.165) is 17.0 Å². The first-order valence-corrected chi connectivity index (χ1v) is 6.44. The third kappa shape index (κ3) is 4.00. The molecular weight excluding hydrogens is 268 g/mol. The Balaban J connectivity index is -0.0000000113. The molecule has 0 bridgehead atoms.